The number of nitrogens with one attached hydrogen (secondary N) is 1. The van der Waals surface area contributed by atoms with Crippen molar-refractivity contribution in [3.63, 3.8) is 0 Å². The highest BCUT2D eigenvalue weighted by Crippen LogP contribution is 2.15. The van der Waals surface area contributed by atoms with Gasteiger partial charge in [-0.1, -0.05) is 0 Å². The molecule has 0 radical (unpaired) electrons. The zero-order valence-electron chi connectivity index (χ0n) is 9.87. The van der Waals surface area contributed by atoms with Crippen LogP contribution in [0.5, 0.6) is 0 Å². The Labute approximate surface area is 104 Å². The molecule has 0 spiro atoms. The van der Waals surface area contributed by atoms with Crippen molar-refractivity contribution in [2.45, 2.75) is 18.2 Å². The Bertz CT molecular complexity index is 483. The van der Waals surface area contributed by atoms with Crippen LogP contribution in [0.3, 0.4) is 0 Å². The third-order valence-electron chi connectivity index (χ3n) is 2.67. The highest BCUT2D eigenvalue weighted by atomic mass is 32.2. The molecule has 2 atom stereocenters. The Morgan fingerprint density at radius 2 is 2.35 bits per heavy atom. The molecule has 0 saturated carbocycles. The van der Waals surface area contributed by atoms with E-state index in [0.29, 0.717) is 0 Å². The molecule has 2 heterocycles. The number of aliphatic hydroxyl groups is 1. The van der Waals surface area contributed by atoms with Crippen LogP contribution in [0.2, 0.25) is 0 Å². The number of fused-ring (bicyclic) bond motifs is 1. The Balaban J connectivity index is 2.11. The van der Waals surface area contributed by atoms with E-state index >= 15 is 0 Å². The first kappa shape index (κ1) is 12.2. The molecule has 0 aromatic carbocycles. The molecule has 0 aliphatic carbocycles. The van der Waals surface area contributed by atoms with Gasteiger partial charge in [-0.3, -0.25) is 0 Å². The van der Waals surface area contributed by atoms with Crippen LogP contribution in [0.15, 0.2) is 24.5 Å². The van der Waals surface area contributed by atoms with E-state index in [0.717, 1.165) is 11.5 Å². The van der Waals surface area contributed by atoms with Gasteiger partial charge < -0.3 is 10.4 Å². The molecule has 0 saturated heterocycles. The van der Waals surface area contributed by atoms with Gasteiger partial charge in [0.05, 0.1) is 12.8 Å². The molecule has 0 aliphatic rings. The van der Waals surface area contributed by atoms with Gasteiger partial charge in [0.1, 0.15) is 5.82 Å². The van der Waals surface area contributed by atoms with E-state index in [1.165, 1.54) is 0 Å². The van der Waals surface area contributed by atoms with Crippen LogP contribution in [-0.2, 0) is 0 Å². The van der Waals surface area contributed by atoms with Gasteiger partial charge in [-0.2, -0.15) is 16.9 Å². The molecule has 2 aromatic rings. The Morgan fingerprint density at radius 3 is 3.06 bits per heavy atom. The quantitative estimate of drug-likeness (QED) is 0.838. The summed E-state index contributed by atoms with van der Waals surface area (Å²) in [6.45, 7) is 2.20. The molecule has 6 heteroatoms. The van der Waals surface area contributed by atoms with Crippen LogP contribution in [0.1, 0.15) is 6.92 Å². The lowest BCUT2D eigenvalue weighted by Crippen LogP contribution is -2.31. The van der Waals surface area contributed by atoms with Gasteiger partial charge in [-0.25, -0.2) is 9.50 Å². The van der Waals surface area contributed by atoms with Gasteiger partial charge in [0, 0.05) is 23.6 Å². The minimum absolute atomic E-state index is 0.157. The second-order valence-electron chi connectivity index (χ2n) is 3.84. The van der Waals surface area contributed by atoms with Crippen molar-refractivity contribution in [2.75, 3.05) is 18.2 Å². The number of rotatable bonds is 5. The second-order valence-corrected chi connectivity index (χ2v) is 4.91. The molecule has 0 aliphatic heterocycles. The predicted octanol–water partition coefficient (Wildman–Crippen LogP) is 1.25. The average molecular weight is 252 g/mol. The van der Waals surface area contributed by atoms with Crippen molar-refractivity contribution >= 4 is 23.2 Å². The van der Waals surface area contributed by atoms with Crippen molar-refractivity contribution in [2.24, 2.45) is 0 Å². The first-order valence-electron chi connectivity index (χ1n) is 5.45. The molecule has 2 rings (SSSR count). The van der Waals surface area contributed by atoms with Crippen molar-refractivity contribution < 1.29 is 5.11 Å². The van der Waals surface area contributed by atoms with Crippen molar-refractivity contribution in [1.29, 1.82) is 0 Å². The van der Waals surface area contributed by atoms with Crippen LogP contribution >= 0.6 is 11.8 Å². The number of hydrogen-bond acceptors (Lipinski definition) is 5. The normalized spacial score (nSPS) is 14.8. The third-order valence-corrected chi connectivity index (χ3v) is 3.84. The lowest BCUT2D eigenvalue weighted by molar-refractivity contribution is 0.288. The Kier molecular flexibility index (Phi) is 3.86. The van der Waals surface area contributed by atoms with Crippen molar-refractivity contribution in [3.8, 4) is 0 Å². The lowest BCUT2D eigenvalue weighted by atomic mass is 10.2. The lowest BCUT2D eigenvalue weighted by Gasteiger charge is -2.21. The van der Waals surface area contributed by atoms with E-state index < -0.39 is 0 Å². The van der Waals surface area contributed by atoms with Crippen molar-refractivity contribution in [1.82, 2.24) is 14.6 Å². The van der Waals surface area contributed by atoms with E-state index in [4.69, 9.17) is 0 Å². The minimum Gasteiger partial charge on any atom is -0.395 e. The maximum Gasteiger partial charge on any atom is 0.157 e. The van der Waals surface area contributed by atoms with Gasteiger partial charge in [-0.05, 0) is 19.2 Å². The summed E-state index contributed by atoms with van der Waals surface area (Å²) in [5.74, 6) is 0.804. The summed E-state index contributed by atoms with van der Waals surface area (Å²) >= 11 is 1.64. The van der Waals surface area contributed by atoms with Crippen LogP contribution in [0.4, 0.5) is 5.82 Å². The van der Waals surface area contributed by atoms with Gasteiger partial charge >= 0.3 is 0 Å². The van der Waals surface area contributed by atoms with Crippen LogP contribution < -0.4 is 5.32 Å². The number of anilines is 1. The number of hydrogen-bond donors (Lipinski definition) is 2. The molecular weight excluding hydrogens is 236 g/mol. The Morgan fingerprint density at radius 1 is 1.53 bits per heavy atom. The predicted molar refractivity (Wildman–Crippen MR) is 70.5 cm³/mol. The van der Waals surface area contributed by atoms with E-state index in [1.807, 2.05) is 31.5 Å². The fourth-order valence-electron chi connectivity index (χ4n) is 1.66. The van der Waals surface area contributed by atoms with Gasteiger partial charge in [0.25, 0.3) is 0 Å². The van der Waals surface area contributed by atoms with E-state index in [2.05, 4.69) is 15.4 Å². The standard InChI is InChI=1S/C11H16N4OS/c1-8(9(7-16)17-2)13-10-4-6-15-11(14-10)3-5-12-15/h3-6,8-9,16H,7H2,1-2H3,(H,13,14). The zero-order valence-corrected chi connectivity index (χ0v) is 10.7. The second kappa shape index (κ2) is 5.37. The Hall–Kier alpha value is -1.27. The smallest absolute Gasteiger partial charge is 0.157 e. The molecule has 5 nitrogen and oxygen atoms in total. The third kappa shape index (κ3) is 2.70. The van der Waals surface area contributed by atoms with E-state index in [9.17, 15) is 5.11 Å². The molecule has 2 aromatic heterocycles. The SMILES string of the molecule is CSC(CO)C(C)Nc1ccn2nccc2n1. The fourth-order valence-corrected chi connectivity index (χ4v) is 2.28. The summed E-state index contributed by atoms with van der Waals surface area (Å²) in [7, 11) is 0. The first-order valence-corrected chi connectivity index (χ1v) is 6.74. The number of nitrogens with zero attached hydrogens (tertiary/aromatic N) is 3. The molecular formula is C11H16N4OS. The molecule has 92 valence electrons. The van der Waals surface area contributed by atoms with Crippen LogP contribution in [-0.4, -0.2) is 43.9 Å². The highest BCUT2D eigenvalue weighted by molar-refractivity contribution is 7.99. The summed E-state index contributed by atoms with van der Waals surface area (Å²) in [5, 5.41) is 16.8. The van der Waals surface area contributed by atoms with E-state index in [1.54, 1.807) is 22.5 Å². The van der Waals surface area contributed by atoms with Crippen LogP contribution in [0, 0.1) is 0 Å². The number of thioether (sulfide) groups is 1. The van der Waals surface area contributed by atoms with Gasteiger partial charge in [-0.15, -0.1) is 0 Å². The average Bonchev–Trinajstić information content (AvgIpc) is 2.77. The molecule has 0 amide bonds. The summed E-state index contributed by atoms with van der Waals surface area (Å²) in [5.41, 5.74) is 0.812. The minimum atomic E-state index is 0.157. The van der Waals surface area contributed by atoms with Crippen LogP contribution in [0.25, 0.3) is 5.65 Å². The molecule has 17 heavy (non-hydrogen) atoms. The number of aromatic nitrogens is 3. The summed E-state index contributed by atoms with van der Waals surface area (Å²) in [6, 6.07) is 3.90. The van der Waals surface area contributed by atoms with Gasteiger partial charge in [0.15, 0.2) is 5.65 Å². The number of aliphatic hydroxyl groups excluding tert-OH is 1. The highest BCUT2D eigenvalue weighted by Gasteiger charge is 2.15. The topological polar surface area (TPSA) is 62.5 Å². The zero-order chi connectivity index (χ0) is 12.3. The summed E-state index contributed by atoms with van der Waals surface area (Å²) < 4.78 is 1.72. The monoisotopic (exact) mass is 252 g/mol. The molecule has 2 N–H and O–H groups in total. The van der Waals surface area contributed by atoms with Gasteiger partial charge in [0.2, 0.25) is 0 Å². The largest absolute Gasteiger partial charge is 0.395 e. The summed E-state index contributed by atoms with van der Waals surface area (Å²) in [4.78, 5) is 4.42. The molecule has 0 fully saturated rings. The first-order chi connectivity index (χ1) is 8.24. The maximum absolute atomic E-state index is 9.22. The fraction of sp³-hybridized carbons (Fsp3) is 0.455. The van der Waals surface area contributed by atoms with E-state index in [-0.39, 0.29) is 17.9 Å². The maximum atomic E-state index is 9.22. The molecule has 2 unspecified atom stereocenters. The van der Waals surface area contributed by atoms with Crippen molar-refractivity contribution in [3.05, 3.63) is 24.5 Å². The molecule has 0 bridgehead atoms. The summed E-state index contributed by atoms with van der Waals surface area (Å²) in [6.07, 6.45) is 5.57.